The van der Waals surface area contributed by atoms with Gasteiger partial charge in [-0.25, -0.2) is 4.79 Å². The van der Waals surface area contributed by atoms with Gasteiger partial charge in [0.2, 0.25) is 0 Å². The van der Waals surface area contributed by atoms with Crippen LogP contribution in [0.4, 0.5) is 0 Å². The average molecular weight is 590 g/mol. The number of aliphatic hydroxyl groups excluding tert-OH is 10. The predicted molar refractivity (Wildman–Crippen MR) is 116 cm³/mol. The van der Waals surface area contributed by atoms with Gasteiger partial charge >= 0.3 is 5.97 Å². The molecule has 19 heteroatoms. The van der Waals surface area contributed by atoms with Gasteiger partial charge in [-0.2, -0.15) is 0 Å². The molecule has 0 bridgehead atoms. The summed E-state index contributed by atoms with van der Waals surface area (Å²) in [4.78, 5) is 11.4. The molecule has 11 N–H and O–H groups in total. The van der Waals surface area contributed by atoms with Gasteiger partial charge in [-0.15, -0.1) is 0 Å². The first-order valence-corrected chi connectivity index (χ1v) is 12.3. The Morgan fingerprint density at radius 2 is 1.10 bits per heavy atom. The van der Waals surface area contributed by atoms with Crippen molar-refractivity contribution in [2.45, 2.75) is 105 Å². The van der Waals surface area contributed by atoms with E-state index >= 15 is 0 Å². The van der Waals surface area contributed by atoms with E-state index in [1.807, 2.05) is 0 Å². The van der Waals surface area contributed by atoms with Crippen LogP contribution in [0.2, 0.25) is 0 Å². The maximum absolute atomic E-state index is 11.4. The van der Waals surface area contributed by atoms with Crippen molar-refractivity contribution in [1.82, 2.24) is 0 Å². The number of rotatable bonds is 7. The lowest BCUT2D eigenvalue weighted by Gasteiger charge is -2.45. The van der Waals surface area contributed by atoms with E-state index in [0.717, 1.165) is 0 Å². The van der Waals surface area contributed by atoms with Gasteiger partial charge < -0.3 is 89.3 Å². The van der Waals surface area contributed by atoms with Gasteiger partial charge in [-0.05, 0) is 0 Å². The van der Waals surface area contributed by atoms with E-state index in [-0.39, 0.29) is 6.61 Å². The summed E-state index contributed by atoms with van der Waals surface area (Å²) in [7, 11) is 0. The summed E-state index contributed by atoms with van der Waals surface area (Å²) in [6, 6.07) is 0. The maximum Gasteiger partial charge on any atom is 0.335 e. The first-order chi connectivity index (χ1) is 18.8. The maximum atomic E-state index is 11.4. The third-order valence-electron chi connectivity index (χ3n) is 7.04. The van der Waals surface area contributed by atoms with Crippen LogP contribution in [0.25, 0.3) is 0 Å². The number of carbonyl (C=O) groups is 1. The van der Waals surface area contributed by atoms with Crippen LogP contribution in [0.15, 0.2) is 0 Å². The first kappa shape index (κ1) is 31.7. The molecule has 40 heavy (non-hydrogen) atoms. The fourth-order valence-electron chi connectivity index (χ4n) is 4.60. The summed E-state index contributed by atoms with van der Waals surface area (Å²) in [6.45, 7) is -1.34. The number of carboxylic acid groups (broad SMARTS) is 1. The van der Waals surface area contributed by atoms with Crippen LogP contribution in [-0.2, 0) is 38.0 Å². The Morgan fingerprint density at radius 3 is 1.75 bits per heavy atom. The molecule has 0 aromatic heterocycles. The second-order valence-electron chi connectivity index (χ2n) is 9.83. The number of ether oxygens (including phenoxy) is 7. The van der Waals surface area contributed by atoms with Gasteiger partial charge in [0.1, 0.15) is 73.2 Å². The smallest absolute Gasteiger partial charge is 0.335 e. The molecule has 0 amide bonds. The lowest BCUT2D eigenvalue weighted by molar-refractivity contribution is -0.372. The number of hydrogen-bond donors (Lipinski definition) is 11. The molecule has 0 radical (unpaired) electrons. The van der Waals surface area contributed by atoms with Crippen molar-refractivity contribution in [2.75, 3.05) is 19.8 Å². The summed E-state index contributed by atoms with van der Waals surface area (Å²) in [5, 5.41) is 110. The molecule has 0 aromatic carbocycles. The van der Waals surface area contributed by atoms with Gasteiger partial charge in [0, 0.05) is 0 Å². The van der Waals surface area contributed by atoms with Crippen molar-refractivity contribution >= 4 is 5.97 Å². The molecule has 0 aliphatic carbocycles. The monoisotopic (exact) mass is 590 g/mol. The highest BCUT2D eigenvalue weighted by atomic mass is 16.8. The molecule has 4 heterocycles. The number of aliphatic hydroxyl groups is 10. The number of carboxylic acids is 1. The summed E-state index contributed by atoms with van der Waals surface area (Å²) >= 11 is 0. The number of aliphatic carboxylic acids is 1. The van der Waals surface area contributed by atoms with E-state index in [2.05, 4.69) is 0 Å². The molecule has 4 rings (SSSR count). The second-order valence-corrected chi connectivity index (χ2v) is 9.83. The molecule has 17 atom stereocenters. The van der Waals surface area contributed by atoms with Gasteiger partial charge in [0.15, 0.2) is 31.3 Å². The largest absolute Gasteiger partial charge is 0.479 e. The highest BCUT2D eigenvalue weighted by molar-refractivity contribution is 5.73. The minimum Gasteiger partial charge on any atom is -0.479 e. The molecule has 1 unspecified atom stereocenters. The van der Waals surface area contributed by atoms with Crippen molar-refractivity contribution in [1.29, 1.82) is 0 Å². The fraction of sp³-hybridized carbons (Fsp3) is 0.952. The fourth-order valence-corrected chi connectivity index (χ4v) is 4.60. The molecule has 4 fully saturated rings. The van der Waals surface area contributed by atoms with Crippen LogP contribution < -0.4 is 0 Å². The lowest BCUT2D eigenvalue weighted by atomic mass is 9.98. The van der Waals surface area contributed by atoms with E-state index in [4.69, 9.17) is 33.2 Å². The van der Waals surface area contributed by atoms with E-state index in [1.54, 1.807) is 0 Å². The minimum absolute atomic E-state index is 0.374. The predicted octanol–water partition coefficient (Wildman–Crippen LogP) is -7.74. The normalized spacial score (nSPS) is 52.3. The summed E-state index contributed by atoms with van der Waals surface area (Å²) in [5.74, 6) is -1.69. The molecular weight excluding hydrogens is 556 g/mol. The Kier molecular flexibility index (Phi) is 10.3. The third kappa shape index (κ3) is 6.40. The van der Waals surface area contributed by atoms with Crippen molar-refractivity contribution < 1.29 is 94.1 Å². The SMILES string of the molecule is O=C(O)[C@H]1O[C@H](O[C@H]2[C@H](O[C@@H]3CO[C@@H](O[C@@H]4COC(O)[C@H](O)[C@H]4O)[C@H](O)[C@H]3O)OC[C@@H](O)[C@@H]2O)[C@H](O)[C@@H](O)[C@@H]1O. The summed E-state index contributed by atoms with van der Waals surface area (Å²) < 4.78 is 37.1. The van der Waals surface area contributed by atoms with Crippen molar-refractivity contribution in [3.63, 3.8) is 0 Å². The quantitative estimate of drug-likeness (QED) is 0.131. The van der Waals surface area contributed by atoms with Crippen molar-refractivity contribution in [3.8, 4) is 0 Å². The van der Waals surface area contributed by atoms with Crippen LogP contribution in [0.3, 0.4) is 0 Å². The molecular formula is C21H34O19. The van der Waals surface area contributed by atoms with E-state index in [1.165, 1.54) is 0 Å². The van der Waals surface area contributed by atoms with E-state index in [0.29, 0.717) is 0 Å². The van der Waals surface area contributed by atoms with Crippen LogP contribution >= 0.6 is 0 Å². The summed E-state index contributed by atoms with van der Waals surface area (Å²) in [5.41, 5.74) is 0. The molecule has 0 aromatic rings. The van der Waals surface area contributed by atoms with E-state index < -0.39 is 124 Å². The van der Waals surface area contributed by atoms with Gasteiger partial charge in [0.25, 0.3) is 0 Å². The molecule has 4 aliphatic heterocycles. The highest BCUT2D eigenvalue weighted by Gasteiger charge is 2.52. The Morgan fingerprint density at radius 1 is 0.550 bits per heavy atom. The molecule has 232 valence electrons. The number of hydrogen-bond acceptors (Lipinski definition) is 18. The van der Waals surface area contributed by atoms with Crippen molar-refractivity contribution in [3.05, 3.63) is 0 Å². The third-order valence-corrected chi connectivity index (χ3v) is 7.04. The van der Waals surface area contributed by atoms with E-state index in [9.17, 15) is 61.0 Å². The van der Waals surface area contributed by atoms with Crippen LogP contribution in [0, 0.1) is 0 Å². The molecule has 19 nitrogen and oxygen atoms in total. The Balaban J connectivity index is 1.40. The Labute approximate surface area is 225 Å². The van der Waals surface area contributed by atoms with Crippen LogP contribution in [-0.4, -0.2) is 186 Å². The Hall–Kier alpha value is -1.21. The second kappa shape index (κ2) is 13.0. The zero-order chi connectivity index (χ0) is 29.5. The zero-order valence-corrected chi connectivity index (χ0v) is 20.6. The van der Waals surface area contributed by atoms with Gasteiger partial charge in [0.05, 0.1) is 19.8 Å². The highest BCUT2D eigenvalue weighted by Crippen LogP contribution is 2.30. The van der Waals surface area contributed by atoms with Gasteiger partial charge in [-0.3, -0.25) is 0 Å². The first-order valence-electron chi connectivity index (χ1n) is 12.3. The van der Waals surface area contributed by atoms with Gasteiger partial charge in [-0.1, -0.05) is 0 Å². The molecule has 0 spiro atoms. The van der Waals surface area contributed by atoms with Crippen LogP contribution in [0.5, 0.6) is 0 Å². The molecule has 0 saturated carbocycles. The Bertz CT molecular complexity index is 849. The topological polar surface area (TPSA) is 304 Å². The molecule has 4 saturated heterocycles. The minimum atomic E-state index is -2.02. The van der Waals surface area contributed by atoms with Crippen LogP contribution in [0.1, 0.15) is 0 Å². The van der Waals surface area contributed by atoms with Crippen molar-refractivity contribution in [2.24, 2.45) is 0 Å². The average Bonchev–Trinajstić information content (AvgIpc) is 2.92. The lowest BCUT2D eigenvalue weighted by Crippen LogP contribution is -2.64. The molecule has 4 aliphatic rings. The standard InChI is InChI=1S/C21H34O19/c22-4-1-35-21(16(7(4)23)40-20-14(30)10(26)11(27)15(39-20)17(31)32)38-6-3-36-19(13(29)9(6)25)37-5-2-34-18(33)12(28)8(5)24/h4-16,18-30,33H,1-3H2,(H,31,32)/t4-,5-,6-,7+,8+,9+,10+,11+,12-,13-,14-,15+,16-,18?,19+,20-,21+/m1/s1. The zero-order valence-electron chi connectivity index (χ0n) is 20.6. The summed E-state index contributed by atoms with van der Waals surface area (Å²) in [6.07, 6.45) is -29.4.